The first kappa shape index (κ1) is 11.5. The SMILES string of the molecule is O=C(c1cccn1Cc1ccccc1)n1cccc1. The minimum absolute atomic E-state index is 0.00840. The first-order chi connectivity index (χ1) is 9.34. The van der Waals surface area contributed by atoms with Gasteiger partial charge in [0.15, 0.2) is 0 Å². The average molecular weight is 250 g/mol. The summed E-state index contributed by atoms with van der Waals surface area (Å²) in [4.78, 5) is 12.3. The minimum Gasteiger partial charge on any atom is -0.339 e. The fraction of sp³-hybridized carbons (Fsp3) is 0.0625. The normalized spacial score (nSPS) is 10.5. The summed E-state index contributed by atoms with van der Waals surface area (Å²) < 4.78 is 3.56. The molecule has 3 nitrogen and oxygen atoms in total. The Bertz CT molecular complexity index is 666. The fourth-order valence-corrected chi connectivity index (χ4v) is 2.13. The molecule has 0 saturated heterocycles. The quantitative estimate of drug-likeness (QED) is 0.702. The number of carbonyl (C=O) groups excluding carboxylic acids is 1. The largest absolute Gasteiger partial charge is 0.339 e. The molecule has 0 unspecified atom stereocenters. The Balaban J connectivity index is 1.89. The van der Waals surface area contributed by atoms with Gasteiger partial charge in [-0.25, -0.2) is 0 Å². The van der Waals surface area contributed by atoms with E-state index in [0.29, 0.717) is 12.2 Å². The number of benzene rings is 1. The van der Waals surface area contributed by atoms with Crippen LogP contribution >= 0.6 is 0 Å². The molecule has 0 aliphatic rings. The van der Waals surface area contributed by atoms with Gasteiger partial charge in [-0.2, -0.15) is 0 Å². The number of hydrogen-bond acceptors (Lipinski definition) is 1. The molecule has 0 fully saturated rings. The third kappa shape index (κ3) is 2.36. The van der Waals surface area contributed by atoms with Crippen LogP contribution in [0, 0.1) is 0 Å². The number of rotatable bonds is 3. The molecule has 19 heavy (non-hydrogen) atoms. The van der Waals surface area contributed by atoms with Gasteiger partial charge < -0.3 is 4.57 Å². The second kappa shape index (κ2) is 4.98. The maximum atomic E-state index is 12.3. The van der Waals surface area contributed by atoms with Gasteiger partial charge in [0, 0.05) is 25.1 Å². The van der Waals surface area contributed by atoms with Gasteiger partial charge in [0.05, 0.1) is 0 Å². The fourth-order valence-electron chi connectivity index (χ4n) is 2.13. The molecule has 0 amide bonds. The van der Waals surface area contributed by atoms with Crippen LogP contribution in [0.4, 0.5) is 0 Å². The van der Waals surface area contributed by atoms with E-state index in [4.69, 9.17) is 0 Å². The van der Waals surface area contributed by atoms with Crippen molar-refractivity contribution >= 4 is 5.91 Å². The summed E-state index contributed by atoms with van der Waals surface area (Å²) in [6.45, 7) is 0.705. The standard InChI is InChI=1S/C16H14N2O/c19-16(17-10-4-5-11-17)15-9-6-12-18(15)13-14-7-2-1-3-8-14/h1-12H,13H2. The van der Waals surface area contributed by atoms with E-state index in [2.05, 4.69) is 12.1 Å². The second-order valence-corrected chi connectivity index (χ2v) is 4.40. The summed E-state index contributed by atoms with van der Waals surface area (Å²) in [7, 11) is 0. The maximum absolute atomic E-state index is 12.3. The second-order valence-electron chi connectivity index (χ2n) is 4.40. The molecule has 0 aliphatic carbocycles. The van der Waals surface area contributed by atoms with Gasteiger partial charge in [-0.3, -0.25) is 9.36 Å². The molecule has 2 heterocycles. The van der Waals surface area contributed by atoms with Crippen molar-refractivity contribution in [3.63, 3.8) is 0 Å². The Kier molecular flexibility index (Phi) is 3.02. The van der Waals surface area contributed by atoms with Crippen LogP contribution < -0.4 is 0 Å². The van der Waals surface area contributed by atoms with Gasteiger partial charge in [0.1, 0.15) is 5.69 Å². The molecule has 3 heteroatoms. The summed E-state index contributed by atoms with van der Waals surface area (Å²) in [6.07, 6.45) is 5.47. The lowest BCUT2D eigenvalue weighted by Gasteiger charge is -2.09. The molecule has 1 aromatic carbocycles. The van der Waals surface area contributed by atoms with E-state index in [-0.39, 0.29) is 5.91 Å². The smallest absolute Gasteiger partial charge is 0.278 e. The molecule has 0 spiro atoms. The van der Waals surface area contributed by atoms with Gasteiger partial charge in [-0.05, 0) is 29.8 Å². The van der Waals surface area contributed by atoms with Crippen LogP contribution in [-0.4, -0.2) is 15.0 Å². The number of nitrogens with zero attached hydrogens (tertiary/aromatic N) is 2. The lowest BCUT2D eigenvalue weighted by molar-refractivity contribution is 0.0951. The average Bonchev–Trinajstić information content (AvgIpc) is 3.10. The van der Waals surface area contributed by atoms with Crippen molar-refractivity contribution in [1.29, 1.82) is 0 Å². The Labute approximate surface area is 111 Å². The summed E-state index contributed by atoms with van der Waals surface area (Å²) in [5, 5.41) is 0. The molecule has 0 bridgehead atoms. The van der Waals surface area contributed by atoms with Crippen LogP contribution in [0.3, 0.4) is 0 Å². The Morgan fingerprint density at radius 1 is 0.842 bits per heavy atom. The van der Waals surface area contributed by atoms with Crippen molar-refractivity contribution in [3.05, 3.63) is 84.4 Å². The zero-order valence-corrected chi connectivity index (χ0v) is 10.4. The molecule has 0 saturated carbocycles. The molecule has 0 aliphatic heterocycles. The third-order valence-corrected chi connectivity index (χ3v) is 3.08. The highest BCUT2D eigenvalue weighted by Crippen LogP contribution is 2.09. The van der Waals surface area contributed by atoms with Crippen molar-refractivity contribution in [3.8, 4) is 0 Å². The minimum atomic E-state index is -0.00840. The molecular weight excluding hydrogens is 236 g/mol. The van der Waals surface area contributed by atoms with Crippen molar-refractivity contribution in [2.24, 2.45) is 0 Å². The van der Waals surface area contributed by atoms with Gasteiger partial charge in [0.2, 0.25) is 0 Å². The molecule has 94 valence electrons. The topological polar surface area (TPSA) is 26.9 Å². The zero-order valence-electron chi connectivity index (χ0n) is 10.4. The first-order valence-corrected chi connectivity index (χ1v) is 6.21. The van der Waals surface area contributed by atoms with E-state index < -0.39 is 0 Å². The zero-order chi connectivity index (χ0) is 13.1. The van der Waals surface area contributed by atoms with Crippen LogP contribution in [0.1, 0.15) is 16.1 Å². The predicted octanol–water partition coefficient (Wildman–Crippen LogP) is 3.03. The van der Waals surface area contributed by atoms with Gasteiger partial charge in [0.25, 0.3) is 5.91 Å². The monoisotopic (exact) mass is 250 g/mol. The highest BCUT2D eigenvalue weighted by Gasteiger charge is 2.11. The summed E-state index contributed by atoms with van der Waals surface area (Å²) in [5.74, 6) is -0.00840. The molecule has 3 aromatic rings. The highest BCUT2D eigenvalue weighted by atomic mass is 16.2. The third-order valence-electron chi connectivity index (χ3n) is 3.08. The Hall–Kier alpha value is -2.55. The van der Waals surface area contributed by atoms with E-state index >= 15 is 0 Å². The molecule has 2 aromatic heterocycles. The van der Waals surface area contributed by atoms with E-state index in [9.17, 15) is 4.79 Å². The summed E-state index contributed by atoms with van der Waals surface area (Å²) in [6, 6.07) is 17.6. The molecule has 3 rings (SSSR count). The van der Waals surface area contributed by atoms with E-state index in [1.165, 1.54) is 5.56 Å². The van der Waals surface area contributed by atoms with Crippen LogP contribution in [0.15, 0.2) is 73.2 Å². The lowest BCUT2D eigenvalue weighted by atomic mass is 10.2. The summed E-state index contributed by atoms with van der Waals surface area (Å²) >= 11 is 0. The number of hydrogen-bond donors (Lipinski definition) is 0. The van der Waals surface area contributed by atoms with Crippen molar-refractivity contribution in [2.75, 3.05) is 0 Å². The number of carbonyl (C=O) groups is 1. The predicted molar refractivity (Wildman–Crippen MR) is 74.1 cm³/mol. The van der Waals surface area contributed by atoms with Crippen LogP contribution in [0.25, 0.3) is 0 Å². The molecule has 0 radical (unpaired) electrons. The molecule has 0 N–H and O–H groups in total. The van der Waals surface area contributed by atoms with Crippen LogP contribution in [-0.2, 0) is 6.54 Å². The van der Waals surface area contributed by atoms with Crippen molar-refractivity contribution < 1.29 is 4.79 Å². The lowest BCUT2D eigenvalue weighted by Crippen LogP contribution is -2.15. The van der Waals surface area contributed by atoms with Gasteiger partial charge in [-0.1, -0.05) is 30.3 Å². The Morgan fingerprint density at radius 2 is 1.58 bits per heavy atom. The Morgan fingerprint density at radius 3 is 2.32 bits per heavy atom. The molecular formula is C16H14N2O. The summed E-state index contributed by atoms with van der Waals surface area (Å²) in [5.41, 5.74) is 1.88. The van der Waals surface area contributed by atoms with E-state index in [1.54, 1.807) is 17.0 Å². The van der Waals surface area contributed by atoms with Gasteiger partial charge >= 0.3 is 0 Å². The van der Waals surface area contributed by atoms with Crippen LogP contribution in [0.2, 0.25) is 0 Å². The number of aromatic nitrogens is 2. The van der Waals surface area contributed by atoms with E-state index in [1.807, 2.05) is 53.2 Å². The maximum Gasteiger partial charge on any atom is 0.278 e. The van der Waals surface area contributed by atoms with Gasteiger partial charge in [-0.15, -0.1) is 0 Å². The van der Waals surface area contributed by atoms with E-state index in [0.717, 1.165) is 0 Å². The van der Waals surface area contributed by atoms with Crippen molar-refractivity contribution in [2.45, 2.75) is 6.54 Å². The molecule has 0 atom stereocenters. The first-order valence-electron chi connectivity index (χ1n) is 6.21. The highest BCUT2D eigenvalue weighted by molar-refractivity contribution is 5.94. The van der Waals surface area contributed by atoms with Crippen molar-refractivity contribution in [1.82, 2.24) is 9.13 Å². The van der Waals surface area contributed by atoms with Crippen LogP contribution in [0.5, 0.6) is 0 Å².